The zero-order valence-electron chi connectivity index (χ0n) is 16.9. The van der Waals surface area contributed by atoms with Crippen molar-refractivity contribution >= 4 is 34.2 Å². The molecule has 2 amide bonds. The minimum atomic E-state index is -0.793. The third-order valence-electron chi connectivity index (χ3n) is 4.74. The molecule has 0 aliphatic rings. The van der Waals surface area contributed by atoms with Crippen LogP contribution in [0.4, 0.5) is 11.4 Å². The molecule has 160 valence electrons. The number of aromatic amines is 2. The second kappa shape index (κ2) is 8.60. The number of benzene rings is 3. The SMILES string of the molecule is COc1ccc(NC(=O)c2ccc(NC(=O)c3ccc4[nH]c(=O)c(=O)[nH]c4c3)cc2)cc1. The lowest BCUT2D eigenvalue weighted by Gasteiger charge is -2.09. The molecule has 4 rings (SSSR count). The Morgan fingerprint density at radius 3 is 1.78 bits per heavy atom. The van der Waals surface area contributed by atoms with E-state index in [1.54, 1.807) is 55.6 Å². The van der Waals surface area contributed by atoms with Crippen LogP contribution in [0, 0.1) is 0 Å². The molecule has 0 bridgehead atoms. The predicted octanol–water partition coefficient (Wildman–Crippen LogP) is 2.73. The second-order valence-electron chi connectivity index (χ2n) is 6.88. The highest BCUT2D eigenvalue weighted by atomic mass is 16.5. The van der Waals surface area contributed by atoms with Gasteiger partial charge in [-0.25, -0.2) is 0 Å². The number of fused-ring (bicyclic) bond motifs is 1. The molecule has 0 fully saturated rings. The molecule has 0 aliphatic carbocycles. The van der Waals surface area contributed by atoms with Crippen LogP contribution in [0.15, 0.2) is 76.3 Å². The average Bonchev–Trinajstić information content (AvgIpc) is 2.80. The number of H-pyrrole nitrogens is 2. The minimum absolute atomic E-state index is 0.291. The van der Waals surface area contributed by atoms with Gasteiger partial charge in [0.15, 0.2) is 0 Å². The Bertz CT molecular complexity index is 1420. The van der Waals surface area contributed by atoms with Gasteiger partial charge in [0.2, 0.25) is 0 Å². The number of anilines is 2. The van der Waals surface area contributed by atoms with Gasteiger partial charge in [-0.15, -0.1) is 0 Å². The number of hydrogen-bond acceptors (Lipinski definition) is 5. The number of hydrogen-bond donors (Lipinski definition) is 4. The Labute approximate surface area is 181 Å². The number of amides is 2. The molecule has 9 heteroatoms. The highest BCUT2D eigenvalue weighted by molar-refractivity contribution is 6.07. The van der Waals surface area contributed by atoms with Crippen LogP contribution in [0.1, 0.15) is 20.7 Å². The van der Waals surface area contributed by atoms with Crippen molar-refractivity contribution in [1.29, 1.82) is 0 Å². The summed E-state index contributed by atoms with van der Waals surface area (Å²) in [5.41, 5.74) is 1.04. The zero-order chi connectivity index (χ0) is 22.7. The maximum absolute atomic E-state index is 12.6. The minimum Gasteiger partial charge on any atom is -0.497 e. The maximum atomic E-state index is 12.6. The Morgan fingerprint density at radius 1 is 0.688 bits per heavy atom. The van der Waals surface area contributed by atoms with Crippen LogP contribution < -0.4 is 26.5 Å². The molecule has 0 saturated carbocycles. The summed E-state index contributed by atoms with van der Waals surface area (Å²) in [6, 6.07) is 17.9. The summed E-state index contributed by atoms with van der Waals surface area (Å²) in [6.07, 6.45) is 0. The molecule has 9 nitrogen and oxygen atoms in total. The monoisotopic (exact) mass is 430 g/mol. The Morgan fingerprint density at radius 2 is 1.19 bits per heavy atom. The summed E-state index contributed by atoms with van der Waals surface area (Å²) in [5.74, 6) is -0.0101. The first-order valence-electron chi connectivity index (χ1n) is 9.56. The Kier molecular flexibility index (Phi) is 5.54. The summed E-state index contributed by atoms with van der Waals surface area (Å²) >= 11 is 0. The summed E-state index contributed by atoms with van der Waals surface area (Å²) in [7, 11) is 1.57. The normalized spacial score (nSPS) is 10.5. The van der Waals surface area contributed by atoms with Crippen LogP contribution in [0.2, 0.25) is 0 Å². The highest BCUT2D eigenvalue weighted by Gasteiger charge is 2.10. The summed E-state index contributed by atoms with van der Waals surface area (Å²) in [5, 5.41) is 5.51. The standard InChI is InChI=1S/C23H18N4O5/c1-32-17-9-7-16(8-10-17)24-20(28)13-2-5-15(6-3-13)25-21(29)14-4-11-18-19(12-14)27-23(31)22(30)26-18/h2-12H,1H3,(H,24,28)(H,25,29)(H,26,30)(H,27,31). The van der Waals surface area contributed by atoms with E-state index in [0.29, 0.717) is 39.3 Å². The van der Waals surface area contributed by atoms with Crippen molar-refractivity contribution < 1.29 is 14.3 Å². The fourth-order valence-corrected chi connectivity index (χ4v) is 3.04. The molecule has 0 aliphatic heterocycles. The van der Waals surface area contributed by atoms with Crippen molar-refractivity contribution in [1.82, 2.24) is 9.97 Å². The van der Waals surface area contributed by atoms with E-state index in [0.717, 1.165) is 0 Å². The molecule has 0 atom stereocenters. The van der Waals surface area contributed by atoms with Crippen LogP contribution in [0.3, 0.4) is 0 Å². The molecule has 0 saturated heterocycles. The molecule has 0 radical (unpaired) electrons. The molecule has 4 aromatic rings. The van der Waals surface area contributed by atoms with Crippen molar-refractivity contribution in [3.05, 3.63) is 98.6 Å². The number of carbonyl (C=O) groups is 2. The largest absolute Gasteiger partial charge is 0.497 e. The third-order valence-corrected chi connectivity index (χ3v) is 4.74. The molecular formula is C23H18N4O5. The van der Waals surface area contributed by atoms with Gasteiger partial charge in [0.25, 0.3) is 11.8 Å². The number of carbonyl (C=O) groups excluding carboxylic acids is 2. The van der Waals surface area contributed by atoms with E-state index in [4.69, 9.17) is 4.74 Å². The number of methoxy groups -OCH3 is 1. The summed E-state index contributed by atoms with van der Waals surface area (Å²) in [4.78, 5) is 52.7. The number of rotatable bonds is 5. The lowest BCUT2D eigenvalue weighted by atomic mass is 10.1. The van der Waals surface area contributed by atoms with E-state index >= 15 is 0 Å². The first-order valence-corrected chi connectivity index (χ1v) is 9.56. The van der Waals surface area contributed by atoms with Gasteiger partial charge in [-0.3, -0.25) is 19.2 Å². The van der Waals surface area contributed by atoms with E-state index in [-0.39, 0.29) is 5.91 Å². The van der Waals surface area contributed by atoms with Crippen molar-refractivity contribution in [2.24, 2.45) is 0 Å². The highest BCUT2D eigenvalue weighted by Crippen LogP contribution is 2.17. The van der Waals surface area contributed by atoms with Gasteiger partial charge in [0, 0.05) is 22.5 Å². The maximum Gasteiger partial charge on any atom is 0.314 e. The van der Waals surface area contributed by atoms with Gasteiger partial charge in [-0.2, -0.15) is 0 Å². The van der Waals surface area contributed by atoms with Crippen molar-refractivity contribution in [2.45, 2.75) is 0 Å². The molecule has 4 N–H and O–H groups in total. The first-order chi connectivity index (χ1) is 15.4. The van der Waals surface area contributed by atoms with Gasteiger partial charge in [0.05, 0.1) is 18.1 Å². The fourth-order valence-electron chi connectivity index (χ4n) is 3.04. The predicted molar refractivity (Wildman–Crippen MR) is 121 cm³/mol. The van der Waals surface area contributed by atoms with E-state index in [1.807, 2.05) is 0 Å². The van der Waals surface area contributed by atoms with Crippen LogP contribution in [-0.4, -0.2) is 28.9 Å². The smallest absolute Gasteiger partial charge is 0.314 e. The Hall–Kier alpha value is -4.66. The van der Waals surface area contributed by atoms with Crippen molar-refractivity contribution in [2.75, 3.05) is 17.7 Å². The number of ether oxygens (including phenoxy) is 1. The fraction of sp³-hybridized carbons (Fsp3) is 0.0435. The molecule has 3 aromatic carbocycles. The van der Waals surface area contributed by atoms with Gasteiger partial charge in [-0.05, 0) is 66.7 Å². The van der Waals surface area contributed by atoms with Gasteiger partial charge < -0.3 is 25.3 Å². The van der Waals surface area contributed by atoms with Crippen molar-refractivity contribution in [3.63, 3.8) is 0 Å². The second-order valence-corrected chi connectivity index (χ2v) is 6.88. The average molecular weight is 430 g/mol. The first kappa shape index (κ1) is 20.6. The zero-order valence-corrected chi connectivity index (χ0v) is 16.9. The van der Waals surface area contributed by atoms with Crippen molar-refractivity contribution in [3.8, 4) is 5.75 Å². The van der Waals surface area contributed by atoms with Crippen LogP contribution in [0.25, 0.3) is 11.0 Å². The molecule has 0 unspecified atom stereocenters. The lowest BCUT2D eigenvalue weighted by molar-refractivity contribution is 0.102. The van der Waals surface area contributed by atoms with Crippen LogP contribution in [0.5, 0.6) is 5.75 Å². The number of nitrogens with one attached hydrogen (secondary N) is 4. The van der Waals surface area contributed by atoms with E-state index in [9.17, 15) is 19.2 Å². The quantitative estimate of drug-likeness (QED) is 0.361. The summed E-state index contributed by atoms with van der Waals surface area (Å²) < 4.78 is 5.09. The Balaban J connectivity index is 1.44. The van der Waals surface area contributed by atoms with E-state index in [2.05, 4.69) is 20.6 Å². The molecule has 1 heterocycles. The molecule has 32 heavy (non-hydrogen) atoms. The van der Waals surface area contributed by atoms with Gasteiger partial charge >= 0.3 is 11.1 Å². The summed E-state index contributed by atoms with van der Waals surface area (Å²) in [6.45, 7) is 0. The topological polar surface area (TPSA) is 133 Å². The molecule has 1 aromatic heterocycles. The van der Waals surface area contributed by atoms with Crippen LogP contribution >= 0.6 is 0 Å². The van der Waals surface area contributed by atoms with E-state index in [1.165, 1.54) is 18.2 Å². The molecular weight excluding hydrogens is 412 g/mol. The van der Waals surface area contributed by atoms with Crippen LogP contribution in [-0.2, 0) is 0 Å². The van der Waals surface area contributed by atoms with Gasteiger partial charge in [0.1, 0.15) is 5.75 Å². The molecule has 0 spiro atoms. The lowest BCUT2D eigenvalue weighted by Crippen LogP contribution is -2.29. The van der Waals surface area contributed by atoms with E-state index < -0.39 is 17.0 Å². The third kappa shape index (κ3) is 4.41. The van der Waals surface area contributed by atoms with Gasteiger partial charge in [-0.1, -0.05) is 0 Å². The number of aromatic nitrogens is 2.